The second kappa shape index (κ2) is 6.13. The third kappa shape index (κ3) is 2.69. The molecule has 0 fully saturated rings. The molecule has 0 radical (unpaired) electrons. The van der Waals surface area contributed by atoms with E-state index in [0.29, 0.717) is 5.58 Å². The van der Waals surface area contributed by atoms with Gasteiger partial charge in [0, 0.05) is 10.9 Å². The summed E-state index contributed by atoms with van der Waals surface area (Å²) in [7, 11) is 4.08. The molecular formula is C16H24FN3O. The van der Waals surface area contributed by atoms with E-state index in [1.165, 1.54) is 12.1 Å². The summed E-state index contributed by atoms with van der Waals surface area (Å²) < 4.78 is 19.2. The third-order valence-electron chi connectivity index (χ3n) is 4.60. The molecule has 2 rings (SSSR count). The lowest BCUT2D eigenvalue weighted by Gasteiger charge is -2.43. The minimum atomic E-state index is -0.267. The van der Waals surface area contributed by atoms with E-state index in [4.69, 9.17) is 10.3 Å². The van der Waals surface area contributed by atoms with Crippen molar-refractivity contribution >= 4 is 11.0 Å². The Bertz CT molecular complexity index is 605. The van der Waals surface area contributed by atoms with Gasteiger partial charge in [0.15, 0.2) is 0 Å². The standard InChI is InChI=1S/C16H24FN3O/c1-5-16(6-2,20(3)4)15(19-18)14-10-11-9-12(17)7-8-13(11)21-14/h7-10,15,19H,5-6,18H2,1-4H3. The minimum absolute atomic E-state index is 0.166. The SMILES string of the molecule is CCC(CC)(C(NN)c1cc2cc(F)ccc2o1)N(C)C. The maximum atomic E-state index is 13.3. The molecule has 3 N–H and O–H groups in total. The van der Waals surface area contributed by atoms with Crippen molar-refractivity contribution in [3.8, 4) is 0 Å². The van der Waals surface area contributed by atoms with Gasteiger partial charge in [0.05, 0.1) is 6.04 Å². The number of nitrogens with one attached hydrogen (secondary N) is 1. The highest BCUT2D eigenvalue weighted by Crippen LogP contribution is 2.37. The van der Waals surface area contributed by atoms with Crippen LogP contribution in [0.4, 0.5) is 4.39 Å². The number of rotatable bonds is 6. The van der Waals surface area contributed by atoms with Gasteiger partial charge in [-0.2, -0.15) is 0 Å². The fraction of sp³-hybridized carbons (Fsp3) is 0.500. The van der Waals surface area contributed by atoms with Crippen molar-refractivity contribution in [3.63, 3.8) is 0 Å². The zero-order chi connectivity index (χ0) is 15.6. The number of nitrogens with two attached hydrogens (primary N) is 1. The number of furan rings is 1. The van der Waals surface area contributed by atoms with Crippen molar-refractivity contribution in [2.45, 2.75) is 38.3 Å². The lowest BCUT2D eigenvalue weighted by molar-refractivity contribution is 0.0787. The molecule has 1 unspecified atom stereocenters. The van der Waals surface area contributed by atoms with Gasteiger partial charge in [0.1, 0.15) is 17.2 Å². The summed E-state index contributed by atoms with van der Waals surface area (Å²) in [4.78, 5) is 2.17. The molecule has 21 heavy (non-hydrogen) atoms. The number of likely N-dealkylation sites (N-methyl/N-ethyl adjacent to an activating group) is 1. The van der Waals surface area contributed by atoms with Crippen LogP contribution in [0.2, 0.25) is 0 Å². The number of hydrogen-bond donors (Lipinski definition) is 2. The Hall–Kier alpha value is -1.43. The van der Waals surface area contributed by atoms with Crippen LogP contribution in [0.3, 0.4) is 0 Å². The van der Waals surface area contributed by atoms with Crippen LogP contribution in [-0.2, 0) is 0 Å². The quantitative estimate of drug-likeness (QED) is 0.634. The average molecular weight is 293 g/mol. The fourth-order valence-corrected chi connectivity index (χ4v) is 3.23. The second-order valence-corrected chi connectivity index (χ2v) is 5.64. The molecule has 0 saturated heterocycles. The van der Waals surface area contributed by atoms with Gasteiger partial charge in [-0.3, -0.25) is 5.84 Å². The highest BCUT2D eigenvalue weighted by Gasteiger charge is 2.40. The number of hydrogen-bond acceptors (Lipinski definition) is 4. The minimum Gasteiger partial charge on any atom is -0.459 e. The van der Waals surface area contributed by atoms with Crippen LogP contribution in [0.5, 0.6) is 0 Å². The highest BCUT2D eigenvalue weighted by molar-refractivity contribution is 5.78. The van der Waals surface area contributed by atoms with Crippen molar-refractivity contribution in [2.75, 3.05) is 14.1 Å². The zero-order valence-electron chi connectivity index (χ0n) is 13.1. The van der Waals surface area contributed by atoms with E-state index in [9.17, 15) is 4.39 Å². The van der Waals surface area contributed by atoms with Crippen LogP contribution in [0.1, 0.15) is 38.5 Å². The first kappa shape index (κ1) is 15.9. The predicted molar refractivity (Wildman–Crippen MR) is 83.2 cm³/mol. The van der Waals surface area contributed by atoms with Gasteiger partial charge >= 0.3 is 0 Å². The smallest absolute Gasteiger partial charge is 0.134 e. The van der Waals surface area contributed by atoms with E-state index in [1.54, 1.807) is 6.07 Å². The van der Waals surface area contributed by atoms with Crippen LogP contribution in [-0.4, -0.2) is 24.5 Å². The molecule has 1 atom stereocenters. The molecule has 116 valence electrons. The first-order chi connectivity index (χ1) is 9.98. The number of hydrazine groups is 1. The molecule has 5 heteroatoms. The average Bonchev–Trinajstić information content (AvgIpc) is 2.86. The summed E-state index contributed by atoms with van der Waals surface area (Å²) in [6, 6.07) is 6.23. The van der Waals surface area contributed by atoms with Crippen LogP contribution >= 0.6 is 0 Å². The fourth-order valence-electron chi connectivity index (χ4n) is 3.23. The van der Waals surface area contributed by atoms with Gasteiger partial charge in [-0.25, -0.2) is 9.82 Å². The molecule has 0 aliphatic heterocycles. The molecule has 4 nitrogen and oxygen atoms in total. The summed E-state index contributed by atoms with van der Waals surface area (Å²) in [5, 5.41) is 0.755. The Balaban J connectivity index is 2.51. The summed E-state index contributed by atoms with van der Waals surface area (Å²) in [5.41, 5.74) is 3.40. The molecule has 1 aromatic heterocycles. The summed E-state index contributed by atoms with van der Waals surface area (Å²) in [5.74, 6) is 6.29. The van der Waals surface area contributed by atoms with Gasteiger partial charge in [-0.1, -0.05) is 13.8 Å². The Kier molecular flexibility index (Phi) is 4.66. The Morgan fingerprint density at radius 1 is 1.29 bits per heavy atom. The molecule has 2 aromatic rings. The van der Waals surface area contributed by atoms with Gasteiger partial charge in [-0.05, 0) is 51.2 Å². The largest absolute Gasteiger partial charge is 0.459 e. The first-order valence-electron chi connectivity index (χ1n) is 7.31. The van der Waals surface area contributed by atoms with E-state index in [0.717, 1.165) is 24.0 Å². The summed E-state index contributed by atoms with van der Waals surface area (Å²) in [6.45, 7) is 4.27. The number of halogens is 1. The maximum absolute atomic E-state index is 13.3. The van der Waals surface area contributed by atoms with E-state index >= 15 is 0 Å². The first-order valence-corrected chi connectivity index (χ1v) is 7.31. The monoisotopic (exact) mass is 293 g/mol. The van der Waals surface area contributed by atoms with Crippen LogP contribution in [0.15, 0.2) is 28.7 Å². The third-order valence-corrected chi connectivity index (χ3v) is 4.60. The summed E-state index contributed by atoms with van der Waals surface area (Å²) in [6.07, 6.45) is 1.83. The topological polar surface area (TPSA) is 54.4 Å². The van der Waals surface area contributed by atoms with Gasteiger partial charge in [0.25, 0.3) is 0 Å². The second-order valence-electron chi connectivity index (χ2n) is 5.64. The van der Waals surface area contributed by atoms with E-state index in [-0.39, 0.29) is 17.4 Å². The highest BCUT2D eigenvalue weighted by atomic mass is 19.1. The van der Waals surface area contributed by atoms with Crippen molar-refractivity contribution in [1.29, 1.82) is 0 Å². The molecule has 0 amide bonds. The van der Waals surface area contributed by atoms with Crippen molar-refractivity contribution in [3.05, 3.63) is 35.8 Å². The van der Waals surface area contributed by atoms with Gasteiger partial charge in [-0.15, -0.1) is 0 Å². The van der Waals surface area contributed by atoms with Crippen molar-refractivity contribution < 1.29 is 8.81 Å². The maximum Gasteiger partial charge on any atom is 0.134 e. The molecule has 0 saturated carbocycles. The summed E-state index contributed by atoms with van der Waals surface area (Å²) >= 11 is 0. The van der Waals surface area contributed by atoms with E-state index < -0.39 is 0 Å². The zero-order valence-corrected chi connectivity index (χ0v) is 13.1. The number of benzene rings is 1. The van der Waals surface area contributed by atoms with Crippen LogP contribution in [0, 0.1) is 5.82 Å². The van der Waals surface area contributed by atoms with Crippen molar-refractivity contribution in [2.24, 2.45) is 5.84 Å². The Morgan fingerprint density at radius 2 is 1.95 bits per heavy atom. The lowest BCUT2D eigenvalue weighted by atomic mass is 9.82. The number of fused-ring (bicyclic) bond motifs is 1. The van der Waals surface area contributed by atoms with Crippen LogP contribution < -0.4 is 11.3 Å². The Labute approximate surface area is 125 Å². The van der Waals surface area contributed by atoms with E-state index in [1.807, 2.05) is 20.2 Å². The number of nitrogens with zero attached hydrogens (tertiary/aromatic N) is 1. The van der Waals surface area contributed by atoms with E-state index in [2.05, 4.69) is 24.2 Å². The molecule has 0 bridgehead atoms. The molecular weight excluding hydrogens is 269 g/mol. The van der Waals surface area contributed by atoms with Gasteiger partial charge in [0.2, 0.25) is 0 Å². The Morgan fingerprint density at radius 3 is 2.48 bits per heavy atom. The molecule has 1 aromatic carbocycles. The molecule has 1 heterocycles. The molecule has 0 spiro atoms. The lowest BCUT2D eigenvalue weighted by Crippen LogP contribution is -2.54. The normalized spacial score (nSPS) is 14.0. The molecule has 0 aliphatic carbocycles. The molecule has 0 aliphatic rings. The predicted octanol–water partition coefficient (Wildman–Crippen LogP) is 3.20. The van der Waals surface area contributed by atoms with Crippen LogP contribution in [0.25, 0.3) is 11.0 Å². The van der Waals surface area contributed by atoms with Gasteiger partial charge < -0.3 is 9.32 Å². The van der Waals surface area contributed by atoms with Crippen molar-refractivity contribution in [1.82, 2.24) is 10.3 Å².